The standard InChI is InChI=1S/C21H24N4O2/c1-25-15-18(14-23-9-7-16-4-2-8-22-13-16)21(24-25)17-5-6-19-20(12-17)27-11-3-10-26-19/h2,4-6,8,12-13,15,23H,3,7,9-11,14H2,1H3. The van der Waals surface area contributed by atoms with E-state index in [0.717, 1.165) is 54.3 Å². The Bertz CT molecular complexity index is 892. The summed E-state index contributed by atoms with van der Waals surface area (Å²) in [5.74, 6) is 1.61. The lowest BCUT2D eigenvalue weighted by Crippen LogP contribution is -2.16. The van der Waals surface area contributed by atoms with Gasteiger partial charge in [0, 0.05) is 49.7 Å². The zero-order chi connectivity index (χ0) is 18.5. The number of nitrogens with one attached hydrogen (secondary N) is 1. The molecule has 1 N–H and O–H groups in total. The molecule has 6 nitrogen and oxygen atoms in total. The lowest BCUT2D eigenvalue weighted by Gasteiger charge is -2.10. The molecule has 4 rings (SSSR count). The Morgan fingerprint density at radius 2 is 2.04 bits per heavy atom. The molecule has 3 aromatic rings. The van der Waals surface area contributed by atoms with E-state index in [4.69, 9.17) is 9.47 Å². The van der Waals surface area contributed by atoms with Gasteiger partial charge in [0.15, 0.2) is 11.5 Å². The number of hydrogen-bond donors (Lipinski definition) is 1. The molecule has 140 valence electrons. The molecule has 0 fully saturated rings. The van der Waals surface area contributed by atoms with Gasteiger partial charge in [-0.1, -0.05) is 6.07 Å². The van der Waals surface area contributed by atoms with Crippen LogP contribution >= 0.6 is 0 Å². The molecule has 6 heteroatoms. The van der Waals surface area contributed by atoms with Crippen molar-refractivity contribution in [2.45, 2.75) is 19.4 Å². The molecule has 0 saturated carbocycles. The van der Waals surface area contributed by atoms with Crippen molar-refractivity contribution in [3.8, 4) is 22.8 Å². The van der Waals surface area contributed by atoms with Crippen LogP contribution in [0.15, 0.2) is 48.9 Å². The summed E-state index contributed by atoms with van der Waals surface area (Å²) in [6, 6.07) is 10.1. The van der Waals surface area contributed by atoms with Gasteiger partial charge >= 0.3 is 0 Å². The van der Waals surface area contributed by atoms with Crippen LogP contribution in [0.2, 0.25) is 0 Å². The first-order valence-electron chi connectivity index (χ1n) is 9.32. The molecule has 0 bridgehead atoms. The van der Waals surface area contributed by atoms with Gasteiger partial charge in [-0.15, -0.1) is 0 Å². The van der Waals surface area contributed by atoms with Crippen LogP contribution < -0.4 is 14.8 Å². The van der Waals surface area contributed by atoms with Gasteiger partial charge in [0.1, 0.15) is 0 Å². The normalized spacial score (nSPS) is 13.4. The summed E-state index contributed by atoms with van der Waals surface area (Å²) >= 11 is 0. The Morgan fingerprint density at radius 1 is 1.15 bits per heavy atom. The number of fused-ring (bicyclic) bond motifs is 1. The third-order valence-electron chi connectivity index (χ3n) is 4.55. The molecule has 1 aromatic carbocycles. The van der Waals surface area contributed by atoms with E-state index in [1.54, 1.807) is 6.20 Å². The number of rotatable bonds is 6. The highest BCUT2D eigenvalue weighted by Gasteiger charge is 2.15. The van der Waals surface area contributed by atoms with Gasteiger partial charge in [-0.2, -0.15) is 5.10 Å². The molecule has 1 aliphatic rings. The zero-order valence-corrected chi connectivity index (χ0v) is 15.5. The first-order chi connectivity index (χ1) is 13.3. The molecular weight excluding hydrogens is 340 g/mol. The number of nitrogens with zero attached hydrogens (tertiary/aromatic N) is 3. The number of aromatic nitrogens is 3. The number of pyridine rings is 1. The quantitative estimate of drug-likeness (QED) is 0.682. The molecule has 1 aliphatic heterocycles. The first-order valence-corrected chi connectivity index (χ1v) is 9.32. The summed E-state index contributed by atoms with van der Waals surface area (Å²) in [5, 5.41) is 8.17. The fraction of sp³-hybridized carbons (Fsp3) is 0.333. The highest BCUT2D eigenvalue weighted by Crippen LogP contribution is 2.34. The number of aryl methyl sites for hydroxylation is 1. The maximum Gasteiger partial charge on any atom is 0.161 e. The highest BCUT2D eigenvalue weighted by atomic mass is 16.5. The van der Waals surface area contributed by atoms with Crippen molar-refractivity contribution in [2.75, 3.05) is 19.8 Å². The smallest absolute Gasteiger partial charge is 0.161 e. The first kappa shape index (κ1) is 17.5. The molecule has 0 saturated heterocycles. The molecule has 0 atom stereocenters. The van der Waals surface area contributed by atoms with Crippen LogP contribution in [0.5, 0.6) is 11.5 Å². The second-order valence-corrected chi connectivity index (χ2v) is 6.68. The van der Waals surface area contributed by atoms with Crippen LogP contribution in [0.4, 0.5) is 0 Å². The van der Waals surface area contributed by atoms with E-state index in [0.29, 0.717) is 13.2 Å². The topological polar surface area (TPSA) is 61.2 Å². The lowest BCUT2D eigenvalue weighted by atomic mass is 10.1. The van der Waals surface area contributed by atoms with Gasteiger partial charge in [-0.3, -0.25) is 9.67 Å². The minimum absolute atomic E-state index is 0.682. The van der Waals surface area contributed by atoms with Crippen molar-refractivity contribution < 1.29 is 9.47 Å². The summed E-state index contributed by atoms with van der Waals surface area (Å²) in [5.41, 5.74) is 4.42. The lowest BCUT2D eigenvalue weighted by molar-refractivity contribution is 0.297. The van der Waals surface area contributed by atoms with Crippen molar-refractivity contribution in [3.05, 3.63) is 60.0 Å². The van der Waals surface area contributed by atoms with Gasteiger partial charge < -0.3 is 14.8 Å². The van der Waals surface area contributed by atoms with Gasteiger partial charge in [0.05, 0.1) is 18.9 Å². The highest BCUT2D eigenvalue weighted by molar-refractivity contribution is 5.66. The predicted octanol–water partition coefficient (Wildman–Crippen LogP) is 2.98. The summed E-state index contributed by atoms with van der Waals surface area (Å²) < 4.78 is 13.4. The zero-order valence-electron chi connectivity index (χ0n) is 15.5. The van der Waals surface area contributed by atoms with E-state index < -0.39 is 0 Å². The van der Waals surface area contributed by atoms with Crippen LogP contribution in [-0.4, -0.2) is 34.5 Å². The molecule has 27 heavy (non-hydrogen) atoms. The minimum atomic E-state index is 0.682. The fourth-order valence-electron chi connectivity index (χ4n) is 3.22. The fourth-order valence-corrected chi connectivity index (χ4v) is 3.22. The monoisotopic (exact) mass is 364 g/mol. The van der Waals surface area contributed by atoms with E-state index in [1.165, 1.54) is 5.56 Å². The molecule has 0 amide bonds. The molecule has 0 aliphatic carbocycles. The molecule has 2 aromatic heterocycles. The van der Waals surface area contributed by atoms with Crippen molar-refractivity contribution in [1.82, 2.24) is 20.1 Å². The van der Waals surface area contributed by atoms with Gasteiger partial charge in [0.2, 0.25) is 0 Å². The Morgan fingerprint density at radius 3 is 2.89 bits per heavy atom. The second-order valence-electron chi connectivity index (χ2n) is 6.68. The van der Waals surface area contributed by atoms with Crippen molar-refractivity contribution in [3.63, 3.8) is 0 Å². The van der Waals surface area contributed by atoms with E-state index in [1.807, 2.05) is 36.1 Å². The minimum Gasteiger partial charge on any atom is -0.490 e. The Balaban J connectivity index is 1.45. The average Bonchev–Trinajstić information content (AvgIpc) is 2.91. The van der Waals surface area contributed by atoms with Gasteiger partial charge in [-0.25, -0.2) is 0 Å². The third kappa shape index (κ3) is 4.28. The maximum atomic E-state index is 5.82. The van der Waals surface area contributed by atoms with E-state index in [-0.39, 0.29) is 0 Å². The number of hydrogen-bond acceptors (Lipinski definition) is 5. The van der Waals surface area contributed by atoms with Gasteiger partial charge in [0.25, 0.3) is 0 Å². The van der Waals surface area contributed by atoms with Crippen LogP contribution in [0, 0.1) is 0 Å². The predicted molar refractivity (Wildman–Crippen MR) is 104 cm³/mol. The van der Waals surface area contributed by atoms with E-state index >= 15 is 0 Å². The summed E-state index contributed by atoms with van der Waals surface area (Å²) in [6.07, 6.45) is 7.63. The summed E-state index contributed by atoms with van der Waals surface area (Å²) in [7, 11) is 1.95. The number of ether oxygens (including phenoxy) is 2. The number of benzene rings is 1. The molecule has 0 radical (unpaired) electrons. The molecule has 0 spiro atoms. The Kier molecular flexibility index (Phi) is 5.34. The van der Waals surface area contributed by atoms with Crippen LogP contribution in [0.3, 0.4) is 0 Å². The van der Waals surface area contributed by atoms with Crippen LogP contribution in [0.25, 0.3) is 11.3 Å². The van der Waals surface area contributed by atoms with Crippen molar-refractivity contribution >= 4 is 0 Å². The SMILES string of the molecule is Cn1cc(CNCCc2cccnc2)c(-c2ccc3c(c2)OCCCO3)n1. The van der Waals surface area contributed by atoms with Crippen LogP contribution in [0.1, 0.15) is 17.5 Å². The second kappa shape index (κ2) is 8.22. The van der Waals surface area contributed by atoms with Gasteiger partial charge in [-0.05, 0) is 42.8 Å². The Labute approximate surface area is 159 Å². The summed E-state index contributed by atoms with van der Waals surface area (Å²) in [4.78, 5) is 4.16. The van der Waals surface area contributed by atoms with Crippen LogP contribution in [-0.2, 0) is 20.0 Å². The largest absolute Gasteiger partial charge is 0.490 e. The summed E-state index contributed by atoms with van der Waals surface area (Å²) in [6.45, 7) is 3.03. The van der Waals surface area contributed by atoms with Crippen molar-refractivity contribution in [1.29, 1.82) is 0 Å². The van der Waals surface area contributed by atoms with E-state index in [2.05, 4.69) is 33.7 Å². The molecule has 0 unspecified atom stereocenters. The molecular formula is C21H24N4O2. The third-order valence-corrected chi connectivity index (χ3v) is 4.55. The molecule has 3 heterocycles. The average molecular weight is 364 g/mol. The maximum absolute atomic E-state index is 5.82. The van der Waals surface area contributed by atoms with Crippen molar-refractivity contribution in [2.24, 2.45) is 7.05 Å². The Hall–Kier alpha value is -2.86. The van der Waals surface area contributed by atoms with E-state index in [9.17, 15) is 0 Å².